The van der Waals surface area contributed by atoms with Crippen molar-refractivity contribution in [2.24, 2.45) is 0 Å². The molecule has 0 unspecified atom stereocenters. The summed E-state index contributed by atoms with van der Waals surface area (Å²) >= 11 is 0. The molecule has 2 aromatic carbocycles. The SMILES string of the molecule is COc1ccc([C@H](Cc2ccncc2)c2ccc(C(O)(C(F)(F)F)C(F)(F)F)cc2)cc1OC1CCCC1. The van der Waals surface area contributed by atoms with E-state index >= 15 is 0 Å². The van der Waals surface area contributed by atoms with Crippen molar-refractivity contribution in [1.29, 1.82) is 0 Å². The van der Waals surface area contributed by atoms with E-state index in [4.69, 9.17) is 9.47 Å². The summed E-state index contributed by atoms with van der Waals surface area (Å²) in [4.78, 5) is 4.00. The van der Waals surface area contributed by atoms with Gasteiger partial charge in [-0.05, 0) is 73.1 Å². The molecule has 38 heavy (non-hydrogen) atoms. The van der Waals surface area contributed by atoms with Crippen LogP contribution in [0.5, 0.6) is 11.5 Å². The van der Waals surface area contributed by atoms with E-state index in [2.05, 4.69) is 4.98 Å². The fourth-order valence-corrected chi connectivity index (χ4v) is 4.82. The summed E-state index contributed by atoms with van der Waals surface area (Å²) in [6.45, 7) is 0. The first-order chi connectivity index (χ1) is 17.9. The number of aromatic nitrogens is 1. The minimum absolute atomic E-state index is 0.0412. The summed E-state index contributed by atoms with van der Waals surface area (Å²) in [6, 6.07) is 12.6. The van der Waals surface area contributed by atoms with E-state index in [0.29, 0.717) is 35.6 Å². The van der Waals surface area contributed by atoms with Gasteiger partial charge in [-0.15, -0.1) is 0 Å². The molecule has 1 aliphatic carbocycles. The molecule has 1 saturated carbocycles. The van der Waals surface area contributed by atoms with Crippen LogP contribution in [0.1, 0.15) is 53.9 Å². The summed E-state index contributed by atoms with van der Waals surface area (Å²) in [5.41, 5.74) is -4.21. The molecule has 1 N–H and O–H groups in total. The van der Waals surface area contributed by atoms with Crippen LogP contribution in [-0.4, -0.2) is 35.7 Å². The van der Waals surface area contributed by atoms with Gasteiger partial charge in [0.1, 0.15) is 0 Å². The van der Waals surface area contributed by atoms with E-state index in [1.165, 1.54) is 19.2 Å². The van der Waals surface area contributed by atoms with E-state index < -0.39 is 29.4 Å². The maximum absolute atomic E-state index is 13.4. The minimum Gasteiger partial charge on any atom is -0.493 e. The van der Waals surface area contributed by atoms with Crippen LogP contribution in [0.3, 0.4) is 0 Å². The van der Waals surface area contributed by atoms with Gasteiger partial charge in [-0.2, -0.15) is 26.3 Å². The number of ether oxygens (including phenoxy) is 2. The lowest BCUT2D eigenvalue weighted by atomic mass is 9.84. The highest BCUT2D eigenvalue weighted by Gasteiger charge is 2.71. The zero-order valence-corrected chi connectivity index (χ0v) is 20.5. The van der Waals surface area contributed by atoms with Crippen LogP contribution < -0.4 is 9.47 Å². The first-order valence-electron chi connectivity index (χ1n) is 12.1. The van der Waals surface area contributed by atoms with Crippen LogP contribution in [0.2, 0.25) is 0 Å². The topological polar surface area (TPSA) is 51.6 Å². The van der Waals surface area contributed by atoms with Crippen molar-refractivity contribution >= 4 is 0 Å². The normalized spacial score (nSPS) is 15.9. The molecule has 10 heteroatoms. The van der Waals surface area contributed by atoms with Gasteiger partial charge in [0.05, 0.1) is 13.2 Å². The molecule has 1 fully saturated rings. The first-order valence-corrected chi connectivity index (χ1v) is 12.1. The second-order valence-corrected chi connectivity index (χ2v) is 9.37. The van der Waals surface area contributed by atoms with Gasteiger partial charge >= 0.3 is 12.4 Å². The van der Waals surface area contributed by atoms with Crippen LogP contribution >= 0.6 is 0 Å². The van der Waals surface area contributed by atoms with Crippen molar-refractivity contribution < 1.29 is 40.9 Å². The van der Waals surface area contributed by atoms with Crippen LogP contribution in [0, 0.1) is 0 Å². The largest absolute Gasteiger partial charge is 0.493 e. The van der Waals surface area contributed by atoms with E-state index in [9.17, 15) is 31.4 Å². The summed E-state index contributed by atoms with van der Waals surface area (Å²) in [5.74, 6) is 0.601. The van der Waals surface area contributed by atoms with Crippen LogP contribution in [0.15, 0.2) is 67.0 Å². The first kappa shape index (κ1) is 27.8. The summed E-state index contributed by atoms with van der Waals surface area (Å²) in [7, 11) is 1.52. The Hall–Kier alpha value is -3.27. The number of rotatable bonds is 8. The Labute approximate surface area is 216 Å². The molecular formula is C28H27F6NO3. The van der Waals surface area contributed by atoms with Gasteiger partial charge in [-0.1, -0.05) is 30.3 Å². The Morgan fingerprint density at radius 3 is 1.97 bits per heavy atom. The molecule has 1 aromatic heterocycles. The Bertz CT molecular complexity index is 1190. The molecule has 0 saturated heterocycles. The van der Waals surface area contributed by atoms with Crippen molar-refractivity contribution in [3.63, 3.8) is 0 Å². The third-order valence-corrected chi connectivity index (χ3v) is 6.93. The number of benzene rings is 2. The highest BCUT2D eigenvalue weighted by molar-refractivity contribution is 5.47. The van der Waals surface area contributed by atoms with Crippen LogP contribution in [0.25, 0.3) is 0 Å². The molecule has 204 valence electrons. The van der Waals surface area contributed by atoms with Crippen molar-refractivity contribution in [2.45, 2.75) is 62.1 Å². The van der Waals surface area contributed by atoms with E-state index in [0.717, 1.165) is 36.8 Å². The molecule has 4 nitrogen and oxygen atoms in total. The number of aliphatic hydroxyl groups is 1. The molecule has 3 aromatic rings. The fraction of sp³-hybridized carbons (Fsp3) is 0.393. The molecule has 1 atom stereocenters. The average molecular weight is 540 g/mol. The molecule has 1 aliphatic rings. The van der Waals surface area contributed by atoms with Gasteiger partial charge < -0.3 is 14.6 Å². The van der Waals surface area contributed by atoms with E-state index in [-0.39, 0.29) is 6.10 Å². The fourth-order valence-electron chi connectivity index (χ4n) is 4.82. The molecule has 0 spiro atoms. The van der Waals surface area contributed by atoms with Gasteiger partial charge in [0.25, 0.3) is 5.60 Å². The second kappa shape index (κ2) is 10.8. The van der Waals surface area contributed by atoms with Crippen molar-refractivity contribution in [2.75, 3.05) is 7.11 Å². The van der Waals surface area contributed by atoms with Crippen LogP contribution in [-0.2, 0) is 12.0 Å². The molecule has 0 radical (unpaired) electrons. The highest BCUT2D eigenvalue weighted by Crippen LogP contribution is 2.50. The molecule has 0 bridgehead atoms. The lowest BCUT2D eigenvalue weighted by molar-refractivity contribution is -0.376. The number of hydrogen-bond acceptors (Lipinski definition) is 4. The van der Waals surface area contributed by atoms with Gasteiger partial charge in [-0.3, -0.25) is 4.98 Å². The van der Waals surface area contributed by atoms with Crippen molar-refractivity contribution in [3.05, 3.63) is 89.2 Å². The smallest absolute Gasteiger partial charge is 0.430 e. The summed E-state index contributed by atoms with van der Waals surface area (Å²) < 4.78 is 91.9. The number of nitrogens with zero attached hydrogens (tertiary/aromatic N) is 1. The number of hydrogen-bond donors (Lipinski definition) is 1. The Kier molecular flexibility index (Phi) is 7.92. The van der Waals surface area contributed by atoms with Crippen LogP contribution in [0.4, 0.5) is 26.3 Å². The predicted molar refractivity (Wildman–Crippen MR) is 128 cm³/mol. The van der Waals surface area contributed by atoms with Gasteiger partial charge in [0.2, 0.25) is 0 Å². The third-order valence-electron chi connectivity index (χ3n) is 6.93. The maximum Gasteiger partial charge on any atom is 0.430 e. The van der Waals surface area contributed by atoms with Crippen molar-refractivity contribution in [3.8, 4) is 11.5 Å². The molecule has 1 heterocycles. The summed E-state index contributed by atoms with van der Waals surface area (Å²) in [5, 5.41) is 9.78. The lowest BCUT2D eigenvalue weighted by Crippen LogP contribution is -2.53. The van der Waals surface area contributed by atoms with Gasteiger partial charge in [-0.25, -0.2) is 0 Å². The standard InChI is InChI=1S/C28H27F6NO3/c1-37-24-11-8-20(17-25(24)38-22-4-2-3-5-22)23(16-18-12-14-35-15-13-18)19-6-9-21(10-7-19)26(36,27(29,30)31)28(32,33)34/h6-15,17,22-23,36H,2-5,16H2,1H3/t23-/m1/s1. The summed E-state index contributed by atoms with van der Waals surface area (Å²) in [6.07, 6.45) is -4.32. The van der Waals surface area contributed by atoms with Gasteiger partial charge in [0.15, 0.2) is 11.5 Å². The zero-order valence-electron chi connectivity index (χ0n) is 20.5. The monoisotopic (exact) mass is 539 g/mol. The third kappa shape index (κ3) is 5.60. The Balaban J connectivity index is 1.75. The minimum atomic E-state index is -5.95. The zero-order chi connectivity index (χ0) is 27.6. The van der Waals surface area contributed by atoms with E-state index in [1.54, 1.807) is 42.7 Å². The highest BCUT2D eigenvalue weighted by atomic mass is 19.4. The quantitative estimate of drug-likeness (QED) is 0.311. The molecule has 0 aliphatic heterocycles. The predicted octanol–water partition coefficient (Wildman–Crippen LogP) is 7.10. The second-order valence-electron chi connectivity index (χ2n) is 9.37. The Morgan fingerprint density at radius 2 is 1.42 bits per heavy atom. The number of methoxy groups -OCH3 is 1. The average Bonchev–Trinajstić information content (AvgIpc) is 3.39. The van der Waals surface area contributed by atoms with E-state index in [1.807, 2.05) is 0 Å². The maximum atomic E-state index is 13.4. The number of pyridine rings is 1. The molecule has 4 rings (SSSR count). The molecule has 0 amide bonds. The van der Waals surface area contributed by atoms with Gasteiger partial charge in [0, 0.05) is 23.9 Å². The number of alkyl halides is 6. The van der Waals surface area contributed by atoms with Crippen molar-refractivity contribution in [1.82, 2.24) is 4.98 Å². The number of halogens is 6. The Morgan fingerprint density at radius 1 is 0.842 bits per heavy atom. The molecular weight excluding hydrogens is 512 g/mol. The lowest BCUT2D eigenvalue weighted by Gasteiger charge is -2.33.